The van der Waals surface area contributed by atoms with Gasteiger partial charge in [0.2, 0.25) is 5.91 Å². The summed E-state index contributed by atoms with van der Waals surface area (Å²) in [5, 5.41) is 22.7. The van der Waals surface area contributed by atoms with E-state index in [0.29, 0.717) is 13.1 Å². The minimum Gasteiger partial charge on any atom is -0.481 e. The Balaban J connectivity index is 1.88. The van der Waals surface area contributed by atoms with Gasteiger partial charge in [0.05, 0.1) is 10.8 Å². The molecule has 1 aromatic rings. The number of amides is 1. The van der Waals surface area contributed by atoms with Crippen molar-refractivity contribution in [3.8, 4) is 0 Å². The molecule has 22 heavy (non-hydrogen) atoms. The number of hydrogen-bond acceptors (Lipinski definition) is 5. The zero-order valence-electron chi connectivity index (χ0n) is 12.1. The van der Waals surface area contributed by atoms with Crippen LogP contribution in [-0.4, -0.2) is 46.4 Å². The predicted molar refractivity (Wildman–Crippen MR) is 78.6 cm³/mol. The fourth-order valence-electron chi connectivity index (χ4n) is 2.44. The van der Waals surface area contributed by atoms with Crippen LogP contribution in [0.3, 0.4) is 0 Å². The molecule has 1 fully saturated rings. The summed E-state index contributed by atoms with van der Waals surface area (Å²) in [7, 11) is 0. The number of rotatable bonds is 6. The second kappa shape index (κ2) is 6.42. The van der Waals surface area contributed by atoms with Crippen molar-refractivity contribution in [3.63, 3.8) is 0 Å². The topological polar surface area (TPSA) is 113 Å². The molecule has 0 spiro atoms. The molecule has 1 amide bonds. The van der Waals surface area contributed by atoms with Crippen LogP contribution in [-0.2, 0) is 9.59 Å². The minimum absolute atomic E-state index is 0.0297. The average Bonchev–Trinajstić information content (AvgIpc) is 2.82. The second-order valence-corrected chi connectivity index (χ2v) is 5.26. The SMILES string of the molecule is Cc1cc([N+](=O)[O-])ccc1NCCN1CC(C(=O)O)CC1=O. The number of carboxylic acid groups (broad SMARTS) is 1. The zero-order valence-corrected chi connectivity index (χ0v) is 12.1. The van der Waals surface area contributed by atoms with E-state index < -0.39 is 16.8 Å². The number of aliphatic carboxylic acids is 1. The lowest BCUT2D eigenvalue weighted by Crippen LogP contribution is -2.31. The molecule has 2 rings (SSSR count). The quantitative estimate of drug-likeness (QED) is 0.604. The smallest absolute Gasteiger partial charge is 0.308 e. The van der Waals surface area contributed by atoms with Crippen LogP contribution < -0.4 is 5.32 Å². The van der Waals surface area contributed by atoms with E-state index in [4.69, 9.17) is 5.11 Å². The molecule has 0 aromatic heterocycles. The Morgan fingerprint density at radius 3 is 2.82 bits per heavy atom. The number of nitro groups is 1. The van der Waals surface area contributed by atoms with E-state index in [2.05, 4.69) is 5.32 Å². The highest BCUT2D eigenvalue weighted by atomic mass is 16.6. The molecule has 1 heterocycles. The molecule has 118 valence electrons. The third kappa shape index (κ3) is 3.51. The van der Waals surface area contributed by atoms with E-state index in [1.54, 1.807) is 13.0 Å². The molecule has 1 aliphatic rings. The number of benzene rings is 1. The first kappa shape index (κ1) is 15.7. The van der Waals surface area contributed by atoms with Gasteiger partial charge >= 0.3 is 5.97 Å². The minimum atomic E-state index is -0.949. The fraction of sp³-hybridized carbons (Fsp3) is 0.429. The number of non-ortho nitro benzene ring substituents is 1. The van der Waals surface area contributed by atoms with Crippen LogP contribution in [0.2, 0.25) is 0 Å². The standard InChI is InChI=1S/C14H17N3O5/c1-9-6-11(17(21)22)2-3-12(9)15-4-5-16-8-10(14(19)20)7-13(16)18/h2-3,6,10,15H,4-5,7-8H2,1H3,(H,19,20). The number of nitrogens with zero attached hydrogens (tertiary/aromatic N) is 2. The summed E-state index contributed by atoms with van der Waals surface area (Å²) in [5.41, 5.74) is 1.53. The number of likely N-dealkylation sites (tertiary alicyclic amines) is 1. The maximum atomic E-state index is 11.7. The van der Waals surface area contributed by atoms with Gasteiger partial charge in [-0.3, -0.25) is 19.7 Å². The van der Waals surface area contributed by atoms with Crippen molar-refractivity contribution in [2.24, 2.45) is 5.92 Å². The van der Waals surface area contributed by atoms with Crippen molar-refractivity contribution in [2.75, 3.05) is 25.0 Å². The van der Waals surface area contributed by atoms with Crippen LogP contribution in [0.1, 0.15) is 12.0 Å². The summed E-state index contributed by atoms with van der Waals surface area (Å²) in [6.45, 7) is 2.85. The van der Waals surface area contributed by atoms with Gasteiger partial charge in [0.15, 0.2) is 0 Å². The average molecular weight is 307 g/mol. The highest BCUT2D eigenvalue weighted by Gasteiger charge is 2.33. The largest absolute Gasteiger partial charge is 0.481 e. The Hall–Kier alpha value is -2.64. The molecule has 2 N–H and O–H groups in total. The summed E-state index contributed by atoms with van der Waals surface area (Å²) < 4.78 is 0. The number of anilines is 1. The maximum Gasteiger partial charge on any atom is 0.308 e. The Bertz CT molecular complexity index is 616. The van der Waals surface area contributed by atoms with Crippen molar-refractivity contribution < 1.29 is 19.6 Å². The molecular weight excluding hydrogens is 290 g/mol. The van der Waals surface area contributed by atoms with Crippen LogP contribution >= 0.6 is 0 Å². The van der Waals surface area contributed by atoms with Gasteiger partial charge in [0.1, 0.15) is 0 Å². The third-order valence-electron chi connectivity index (χ3n) is 3.68. The van der Waals surface area contributed by atoms with Crippen LogP contribution in [0, 0.1) is 23.0 Å². The molecule has 1 unspecified atom stereocenters. The van der Waals surface area contributed by atoms with Crippen molar-refractivity contribution in [1.29, 1.82) is 0 Å². The number of nitrogens with one attached hydrogen (secondary N) is 1. The third-order valence-corrected chi connectivity index (χ3v) is 3.68. The van der Waals surface area contributed by atoms with Crippen molar-refractivity contribution in [2.45, 2.75) is 13.3 Å². The number of carbonyl (C=O) groups is 2. The summed E-state index contributed by atoms with van der Waals surface area (Å²) >= 11 is 0. The second-order valence-electron chi connectivity index (χ2n) is 5.26. The highest BCUT2D eigenvalue weighted by molar-refractivity contribution is 5.86. The van der Waals surface area contributed by atoms with Gasteiger partial charge in [-0.1, -0.05) is 0 Å². The molecule has 1 saturated heterocycles. The van der Waals surface area contributed by atoms with E-state index in [-0.39, 0.29) is 24.6 Å². The molecule has 0 aliphatic carbocycles. The Kier molecular flexibility index (Phi) is 4.59. The molecule has 8 nitrogen and oxygen atoms in total. The van der Waals surface area contributed by atoms with Crippen LogP contribution in [0.15, 0.2) is 18.2 Å². The summed E-state index contributed by atoms with van der Waals surface area (Å²) in [5.74, 6) is -1.74. The zero-order chi connectivity index (χ0) is 16.3. The molecule has 1 atom stereocenters. The highest BCUT2D eigenvalue weighted by Crippen LogP contribution is 2.21. The molecule has 1 aromatic carbocycles. The Labute approximate surface area is 126 Å². The van der Waals surface area contributed by atoms with E-state index >= 15 is 0 Å². The number of carbonyl (C=O) groups excluding carboxylic acids is 1. The Morgan fingerprint density at radius 2 is 2.27 bits per heavy atom. The molecule has 0 saturated carbocycles. The summed E-state index contributed by atoms with van der Waals surface area (Å²) in [6, 6.07) is 4.51. The lowest BCUT2D eigenvalue weighted by atomic mass is 10.1. The van der Waals surface area contributed by atoms with Gasteiger partial charge in [0, 0.05) is 43.9 Å². The first-order chi connectivity index (χ1) is 10.4. The Morgan fingerprint density at radius 1 is 1.55 bits per heavy atom. The molecule has 0 radical (unpaired) electrons. The van der Waals surface area contributed by atoms with Crippen LogP contribution in [0.5, 0.6) is 0 Å². The maximum absolute atomic E-state index is 11.7. The number of carboxylic acids is 1. The van der Waals surface area contributed by atoms with Crippen molar-refractivity contribution in [3.05, 3.63) is 33.9 Å². The van der Waals surface area contributed by atoms with Gasteiger partial charge in [0.25, 0.3) is 5.69 Å². The molecular formula is C14H17N3O5. The van der Waals surface area contributed by atoms with E-state index in [1.165, 1.54) is 17.0 Å². The number of nitro benzene ring substituents is 1. The fourth-order valence-corrected chi connectivity index (χ4v) is 2.44. The number of aryl methyl sites for hydroxylation is 1. The molecule has 1 aliphatic heterocycles. The van der Waals surface area contributed by atoms with Crippen molar-refractivity contribution in [1.82, 2.24) is 4.90 Å². The van der Waals surface area contributed by atoms with E-state index in [0.717, 1.165) is 11.3 Å². The van der Waals surface area contributed by atoms with Gasteiger partial charge in [-0.05, 0) is 18.6 Å². The molecule has 0 bridgehead atoms. The lowest BCUT2D eigenvalue weighted by molar-refractivity contribution is -0.384. The first-order valence-corrected chi connectivity index (χ1v) is 6.88. The van der Waals surface area contributed by atoms with E-state index in [9.17, 15) is 19.7 Å². The van der Waals surface area contributed by atoms with Gasteiger partial charge < -0.3 is 15.3 Å². The van der Waals surface area contributed by atoms with Gasteiger partial charge in [-0.25, -0.2) is 0 Å². The number of hydrogen-bond donors (Lipinski definition) is 2. The normalized spacial score (nSPS) is 17.6. The molecule has 8 heteroatoms. The lowest BCUT2D eigenvalue weighted by Gasteiger charge is -2.17. The van der Waals surface area contributed by atoms with E-state index in [1.807, 2.05) is 0 Å². The van der Waals surface area contributed by atoms with Crippen molar-refractivity contribution >= 4 is 23.3 Å². The monoisotopic (exact) mass is 307 g/mol. The predicted octanol–water partition coefficient (Wildman–Crippen LogP) is 1.25. The summed E-state index contributed by atoms with van der Waals surface area (Å²) in [6.07, 6.45) is 0.0475. The van der Waals surface area contributed by atoms with Gasteiger partial charge in [-0.2, -0.15) is 0 Å². The van der Waals surface area contributed by atoms with Gasteiger partial charge in [-0.15, -0.1) is 0 Å². The van der Waals surface area contributed by atoms with Crippen LogP contribution in [0.4, 0.5) is 11.4 Å². The first-order valence-electron chi connectivity index (χ1n) is 6.88. The summed E-state index contributed by atoms with van der Waals surface area (Å²) in [4.78, 5) is 34.3. The van der Waals surface area contributed by atoms with Crippen LogP contribution in [0.25, 0.3) is 0 Å².